The van der Waals surface area contributed by atoms with E-state index in [1.165, 1.54) is 11.3 Å². The zero-order valence-corrected chi connectivity index (χ0v) is 13.8. The first-order valence-corrected chi connectivity index (χ1v) is 8.49. The van der Waals surface area contributed by atoms with Gasteiger partial charge in [0, 0.05) is 23.2 Å². The van der Waals surface area contributed by atoms with Crippen LogP contribution in [0.2, 0.25) is 0 Å². The SMILES string of the molecule is Nc1nc(-c2ccc(NC(=O)C3(N[C]=O)CCCNC3)cc2)cs1. The summed E-state index contributed by atoms with van der Waals surface area (Å²) in [5, 5.41) is 11.0. The molecular formula is C16H18N5O2S. The van der Waals surface area contributed by atoms with E-state index in [0.717, 1.165) is 24.2 Å². The van der Waals surface area contributed by atoms with Gasteiger partial charge in [0.2, 0.25) is 0 Å². The van der Waals surface area contributed by atoms with Gasteiger partial charge in [-0.3, -0.25) is 9.59 Å². The van der Waals surface area contributed by atoms with Crippen molar-refractivity contribution in [1.82, 2.24) is 15.6 Å². The minimum Gasteiger partial charge on any atom is -0.375 e. The molecule has 1 fully saturated rings. The van der Waals surface area contributed by atoms with Gasteiger partial charge in [-0.2, -0.15) is 0 Å². The summed E-state index contributed by atoms with van der Waals surface area (Å²) in [6.45, 7) is 1.23. The molecule has 0 saturated carbocycles. The molecule has 1 aromatic carbocycles. The highest BCUT2D eigenvalue weighted by molar-refractivity contribution is 7.13. The Morgan fingerprint density at radius 1 is 1.38 bits per heavy atom. The molecule has 1 unspecified atom stereocenters. The summed E-state index contributed by atoms with van der Waals surface area (Å²) in [4.78, 5) is 27.6. The largest absolute Gasteiger partial charge is 0.375 e. The number of hydrogen-bond donors (Lipinski definition) is 4. The molecule has 1 atom stereocenters. The molecule has 125 valence electrons. The number of carbonyl (C=O) groups is 1. The Kier molecular flexibility index (Phi) is 4.77. The lowest BCUT2D eigenvalue weighted by Crippen LogP contribution is -2.62. The van der Waals surface area contributed by atoms with Crippen molar-refractivity contribution in [3.05, 3.63) is 29.6 Å². The Morgan fingerprint density at radius 3 is 2.75 bits per heavy atom. The van der Waals surface area contributed by atoms with E-state index in [-0.39, 0.29) is 5.91 Å². The van der Waals surface area contributed by atoms with E-state index in [4.69, 9.17) is 5.73 Å². The van der Waals surface area contributed by atoms with E-state index in [2.05, 4.69) is 20.9 Å². The van der Waals surface area contributed by atoms with Crippen molar-refractivity contribution in [1.29, 1.82) is 0 Å². The molecule has 0 aliphatic carbocycles. The van der Waals surface area contributed by atoms with Crippen molar-refractivity contribution >= 4 is 34.5 Å². The summed E-state index contributed by atoms with van der Waals surface area (Å²) in [6, 6.07) is 7.35. The highest BCUT2D eigenvalue weighted by Crippen LogP contribution is 2.25. The monoisotopic (exact) mass is 344 g/mol. The maximum Gasteiger partial charge on any atom is 0.310 e. The third-order valence-electron chi connectivity index (χ3n) is 4.07. The number of aromatic nitrogens is 1. The molecule has 1 aliphatic heterocycles. The maximum atomic E-state index is 12.6. The van der Waals surface area contributed by atoms with Gasteiger partial charge in [0.1, 0.15) is 5.54 Å². The third kappa shape index (κ3) is 3.39. The number of nitrogens with one attached hydrogen (secondary N) is 3. The van der Waals surface area contributed by atoms with Crippen molar-refractivity contribution in [2.45, 2.75) is 18.4 Å². The third-order valence-corrected chi connectivity index (χ3v) is 4.74. The Hall–Kier alpha value is -2.45. The molecular weight excluding hydrogens is 326 g/mol. The van der Waals surface area contributed by atoms with Crippen LogP contribution in [0.3, 0.4) is 0 Å². The predicted octanol–water partition coefficient (Wildman–Crippen LogP) is 1.11. The Bertz CT molecular complexity index is 722. The van der Waals surface area contributed by atoms with Crippen LogP contribution in [-0.2, 0) is 9.59 Å². The fourth-order valence-corrected chi connectivity index (χ4v) is 3.33. The standard InChI is InChI=1S/C16H18N5O2S/c17-15-21-13(8-24-15)11-2-4-12(5-3-11)20-14(23)16(19-10-22)6-1-7-18-9-16/h2-5,8,18H,1,6-7,9H2,(H2,17,21)(H,19,22)(H,20,23). The molecule has 2 heterocycles. The number of nitrogens with two attached hydrogens (primary N) is 1. The number of benzene rings is 1. The normalized spacial score (nSPS) is 20.3. The second-order valence-electron chi connectivity index (χ2n) is 5.69. The van der Waals surface area contributed by atoms with E-state index in [1.54, 1.807) is 18.5 Å². The highest BCUT2D eigenvalue weighted by Gasteiger charge is 2.39. The number of hydrogen-bond acceptors (Lipinski definition) is 6. The zero-order chi connectivity index (χ0) is 17.0. The molecule has 3 rings (SSSR count). The van der Waals surface area contributed by atoms with Gasteiger partial charge in [0.25, 0.3) is 5.91 Å². The zero-order valence-electron chi connectivity index (χ0n) is 13.0. The molecule has 2 aromatic rings. The maximum absolute atomic E-state index is 12.6. The van der Waals surface area contributed by atoms with E-state index in [9.17, 15) is 9.59 Å². The number of anilines is 2. The lowest BCUT2D eigenvalue weighted by Gasteiger charge is -2.35. The Balaban J connectivity index is 1.72. The van der Waals surface area contributed by atoms with Gasteiger partial charge < -0.3 is 21.7 Å². The van der Waals surface area contributed by atoms with Gasteiger partial charge in [-0.25, -0.2) is 4.98 Å². The molecule has 8 heteroatoms. The van der Waals surface area contributed by atoms with Crippen molar-refractivity contribution in [3.8, 4) is 11.3 Å². The molecule has 2 amide bonds. The lowest BCUT2D eigenvalue weighted by atomic mass is 9.89. The van der Waals surface area contributed by atoms with Gasteiger partial charge in [0.05, 0.1) is 5.69 Å². The van der Waals surface area contributed by atoms with E-state index in [1.807, 2.05) is 17.5 Å². The topological polar surface area (TPSA) is 109 Å². The summed E-state index contributed by atoms with van der Waals surface area (Å²) in [6.07, 6.45) is 3.05. The first-order chi connectivity index (χ1) is 11.6. The van der Waals surface area contributed by atoms with Crippen LogP contribution in [0.5, 0.6) is 0 Å². The van der Waals surface area contributed by atoms with E-state index >= 15 is 0 Å². The summed E-state index contributed by atoms with van der Waals surface area (Å²) >= 11 is 1.38. The van der Waals surface area contributed by atoms with Crippen LogP contribution in [-0.4, -0.2) is 35.9 Å². The number of nitrogen functional groups attached to an aromatic ring is 1. The molecule has 24 heavy (non-hydrogen) atoms. The molecule has 1 aromatic heterocycles. The van der Waals surface area contributed by atoms with Crippen molar-refractivity contribution in [3.63, 3.8) is 0 Å². The van der Waals surface area contributed by atoms with Crippen molar-refractivity contribution in [2.24, 2.45) is 0 Å². The molecule has 1 aliphatic rings. The molecule has 7 nitrogen and oxygen atoms in total. The number of piperidine rings is 1. The van der Waals surface area contributed by atoms with Gasteiger partial charge in [-0.1, -0.05) is 12.1 Å². The molecule has 5 N–H and O–H groups in total. The minimum absolute atomic E-state index is 0.247. The van der Waals surface area contributed by atoms with Gasteiger partial charge in [0.15, 0.2) is 5.13 Å². The van der Waals surface area contributed by atoms with Crippen molar-refractivity contribution < 1.29 is 9.59 Å². The minimum atomic E-state index is -0.956. The van der Waals surface area contributed by atoms with Gasteiger partial charge in [-0.05, 0) is 31.5 Å². The Labute approximate surface area is 143 Å². The second kappa shape index (κ2) is 6.98. The average molecular weight is 344 g/mol. The average Bonchev–Trinajstić information content (AvgIpc) is 3.03. The van der Waals surface area contributed by atoms with E-state index < -0.39 is 5.54 Å². The Morgan fingerprint density at radius 2 is 2.17 bits per heavy atom. The fraction of sp³-hybridized carbons (Fsp3) is 0.312. The fourth-order valence-electron chi connectivity index (χ4n) is 2.76. The molecule has 0 bridgehead atoms. The smallest absolute Gasteiger partial charge is 0.310 e. The molecule has 1 saturated heterocycles. The quantitative estimate of drug-likeness (QED) is 0.608. The summed E-state index contributed by atoms with van der Waals surface area (Å²) < 4.78 is 0. The van der Waals surface area contributed by atoms with Crippen LogP contribution < -0.4 is 21.7 Å². The second-order valence-corrected chi connectivity index (χ2v) is 6.58. The van der Waals surface area contributed by atoms with E-state index in [0.29, 0.717) is 23.8 Å². The first kappa shape index (κ1) is 16.4. The van der Waals surface area contributed by atoms with Crippen molar-refractivity contribution in [2.75, 3.05) is 24.1 Å². The summed E-state index contributed by atoms with van der Waals surface area (Å²) in [5.41, 5.74) is 7.08. The number of carbonyl (C=O) groups excluding carboxylic acids is 2. The van der Waals surface area contributed by atoms with Crippen LogP contribution in [0, 0.1) is 0 Å². The van der Waals surface area contributed by atoms with Crippen LogP contribution in [0.15, 0.2) is 29.6 Å². The first-order valence-electron chi connectivity index (χ1n) is 7.61. The summed E-state index contributed by atoms with van der Waals surface area (Å²) in [7, 11) is 0. The van der Waals surface area contributed by atoms with Crippen LogP contribution in [0.4, 0.5) is 10.8 Å². The number of amides is 2. The van der Waals surface area contributed by atoms with Gasteiger partial charge in [-0.15, -0.1) is 11.3 Å². The van der Waals surface area contributed by atoms with Gasteiger partial charge >= 0.3 is 6.41 Å². The molecule has 1 radical (unpaired) electrons. The van der Waals surface area contributed by atoms with Crippen LogP contribution >= 0.6 is 11.3 Å². The predicted molar refractivity (Wildman–Crippen MR) is 94.3 cm³/mol. The van der Waals surface area contributed by atoms with Crippen LogP contribution in [0.1, 0.15) is 12.8 Å². The number of rotatable bonds is 5. The van der Waals surface area contributed by atoms with Crippen LogP contribution in [0.25, 0.3) is 11.3 Å². The molecule has 0 spiro atoms. The number of thiazole rings is 1. The number of nitrogens with zero attached hydrogens (tertiary/aromatic N) is 1. The highest BCUT2D eigenvalue weighted by atomic mass is 32.1. The summed E-state index contributed by atoms with van der Waals surface area (Å²) in [5.74, 6) is -0.247. The lowest BCUT2D eigenvalue weighted by molar-refractivity contribution is -0.122.